The van der Waals surface area contributed by atoms with Gasteiger partial charge in [0.1, 0.15) is 5.82 Å². The number of anilines is 2. The van der Waals surface area contributed by atoms with E-state index in [0.717, 1.165) is 49.8 Å². The van der Waals surface area contributed by atoms with Crippen LogP contribution in [0.15, 0.2) is 48.7 Å². The van der Waals surface area contributed by atoms with Gasteiger partial charge in [-0.2, -0.15) is 0 Å². The van der Waals surface area contributed by atoms with Gasteiger partial charge in [-0.1, -0.05) is 50.6 Å². The summed E-state index contributed by atoms with van der Waals surface area (Å²) >= 11 is 0. The molecule has 5 heteroatoms. The van der Waals surface area contributed by atoms with Crippen LogP contribution in [-0.2, 0) is 9.53 Å². The van der Waals surface area contributed by atoms with Gasteiger partial charge in [0.15, 0.2) is 0 Å². The Balaban J connectivity index is 1.70. The van der Waals surface area contributed by atoms with Gasteiger partial charge in [0.05, 0.1) is 31.0 Å². The highest BCUT2D eigenvalue weighted by Gasteiger charge is 2.26. The standard InChI is InChI=1S/C21H27N3O2/c1-3-16(2)20(17-7-5-4-6-8-17)21(25)23-18-9-10-19(22-15-18)24-11-13-26-14-12-24/h4-10,15-16,20H,3,11-14H2,1-2H3,(H,23,25)/t16-,20+/m0/s1. The van der Waals surface area contributed by atoms with Gasteiger partial charge < -0.3 is 15.0 Å². The normalized spacial score (nSPS) is 16.8. The smallest absolute Gasteiger partial charge is 0.232 e. The average molecular weight is 353 g/mol. The Morgan fingerprint density at radius 2 is 1.92 bits per heavy atom. The Morgan fingerprint density at radius 1 is 1.19 bits per heavy atom. The van der Waals surface area contributed by atoms with E-state index in [1.165, 1.54) is 0 Å². The molecule has 26 heavy (non-hydrogen) atoms. The molecule has 0 spiro atoms. The second-order valence-corrected chi connectivity index (χ2v) is 6.77. The van der Waals surface area contributed by atoms with Crippen LogP contribution in [0.25, 0.3) is 0 Å². The number of carbonyl (C=O) groups is 1. The van der Waals surface area contributed by atoms with E-state index < -0.39 is 0 Å². The Bertz CT molecular complexity index is 697. The first-order chi connectivity index (χ1) is 12.7. The first-order valence-electron chi connectivity index (χ1n) is 9.33. The fourth-order valence-corrected chi connectivity index (χ4v) is 3.29. The SMILES string of the molecule is CC[C@H](C)[C@@H](C(=O)Nc1ccc(N2CCOCC2)nc1)c1ccccc1. The van der Waals surface area contributed by atoms with Crippen molar-refractivity contribution in [3.63, 3.8) is 0 Å². The first-order valence-corrected chi connectivity index (χ1v) is 9.33. The second-order valence-electron chi connectivity index (χ2n) is 6.77. The molecule has 1 fully saturated rings. The van der Waals surface area contributed by atoms with E-state index in [-0.39, 0.29) is 17.7 Å². The maximum absolute atomic E-state index is 12.9. The van der Waals surface area contributed by atoms with Crippen LogP contribution in [0.4, 0.5) is 11.5 Å². The summed E-state index contributed by atoms with van der Waals surface area (Å²) < 4.78 is 5.37. The van der Waals surface area contributed by atoms with Gasteiger partial charge in [-0.05, 0) is 23.6 Å². The lowest BCUT2D eigenvalue weighted by molar-refractivity contribution is -0.118. The minimum Gasteiger partial charge on any atom is -0.378 e. The molecule has 0 saturated carbocycles. The van der Waals surface area contributed by atoms with Gasteiger partial charge in [-0.3, -0.25) is 4.79 Å². The van der Waals surface area contributed by atoms with Crippen LogP contribution in [-0.4, -0.2) is 37.2 Å². The molecule has 3 rings (SSSR count). The predicted octanol–water partition coefficient (Wildman–Crippen LogP) is 3.69. The van der Waals surface area contributed by atoms with Crippen molar-refractivity contribution in [1.29, 1.82) is 0 Å². The van der Waals surface area contributed by atoms with E-state index in [1.54, 1.807) is 6.20 Å². The Kier molecular flexibility index (Phi) is 6.23. The van der Waals surface area contributed by atoms with Crippen molar-refractivity contribution in [2.24, 2.45) is 5.92 Å². The Morgan fingerprint density at radius 3 is 2.54 bits per heavy atom. The molecule has 0 bridgehead atoms. The van der Waals surface area contributed by atoms with Gasteiger partial charge >= 0.3 is 0 Å². The lowest BCUT2D eigenvalue weighted by Gasteiger charge is -2.28. The number of amides is 1. The second kappa shape index (κ2) is 8.81. The van der Waals surface area contributed by atoms with Crippen LogP contribution in [0.3, 0.4) is 0 Å². The molecule has 0 aliphatic carbocycles. The van der Waals surface area contributed by atoms with E-state index in [0.29, 0.717) is 0 Å². The molecule has 0 unspecified atom stereocenters. The van der Waals surface area contributed by atoms with Crippen LogP contribution in [0.2, 0.25) is 0 Å². The van der Waals surface area contributed by atoms with E-state index in [9.17, 15) is 4.79 Å². The van der Waals surface area contributed by atoms with E-state index in [1.807, 2.05) is 42.5 Å². The molecule has 2 heterocycles. The number of benzene rings is 1. The highest BCUT2D eigenvalue weighted by molar-refractivity contribution is 5.96. The van der Waals surface area contributed by atoms with Crippen LogP contribution in [0, 0.1) is 5.92 Å². The maximum atomic E-state index is 12.9. The number of hydrogen-bond donors (Lipinski definition) is 1. The van der Waals surface area contributed by atoms with Crippen molar-refractivity contribution in [3.05, 3.63) is 54.2 Å². The summed E-state index contributed by atoms with van der Waals surface area (Å²) in [6.45, 7) is 7.40. The number of carbonyl (C=O) groups excluding carboxylic acids is 1. The third-order valence-corrected chi connectivity index (χ3v) is 5.00. The Hall–Kier alpha value is -2.40. The van der Waals surface area contributed by atoms with Crippen LogP contribution < -0.4 is 10.2 Å². The zero-order valence-electron chi connectivity index (χ0n) is 15.5. The van der Waals surface area contributed by atoms with Crippen molar-refractivity contribution in [2.75, 3.05) is 36.5 Å². The predicted molar refractivity (Wildman–Crippen MR) is 105 cm³/mol. The number of morpholine rings is 1. The third kappa shape index (κ3) is 4.41. The summed E-state index contributed by atoms with van der Waals surface area (Å²) in [5.74, 6) is 1.04. The van der Waals surface area contributed by atoms with Gasteiger partial charge in [0, 0.05) is 13.1 Å². The number of nitrogens with one attached hydrogen (secondary N) is 1. The van der Waals surface area contributed by atoms with Gasteiger partial charge in [0.25, 0.3) is 0 Å². The van der Waals surface area contributed by atoms with Crippen molar-refractivity contribution in [3.8, 4) is 0 Å². The molecule has 0 radical (unpaired) electrons. The summed E-state index contributed by atoms with van der Waals surface area (Å²) in [6, 6.07) is 13.9. The number of nitrogens with zero attached hydrogens (tertiary/aromatic N) is 2. The molecule has 1 aromatic carbocycles. The third-order valence-electron chi connectivity index (χ3n) is 5.00. The van der Waals surface area contributed by atoms with Crippen molar-refractivity contribution in [1.82, 2.24) is 4.98 Å². The molecule has 138 valence electrons. The summed E-state index contributed by atoms with van der Waals surface area (Å²) in [5.41, 5.74) is 1.79. The summed E-state index contributed by atoms with van der Waals surface area (Å²) in [5, 5.41) is 3.04. The van der Waals surface area contributed by atoms with Crippen LogP contribution >= 0.6 is 0 Å². The summed E-state index contributed by atoms with van der Waals surface area (Å²) in [6.07, 6.45) is 2.68. The molecule has 1 aliphatic heterocycles. The Labute approximate surface area is 155 Å². The van der Waals surface area contributed by atoms with E-state index >= 15 is 0 Å². The molecule has 1 saturated heterocycles. The quantitative estimate of drug-likeness (QED) is 0.861. The zero-order chi connectivity index (χ0) is 18.4. The molecule has 5 nitrogen and oxygen atoms in total. The minimum atomic E-state index is -0.167. The van der Waals surface area contributed by atoms with Gasteiger partial charge in [-0.15, -0.1) is 0 Å². The van der Waals surface area contributed by atoms with Crippen molar-refractivity contribution < 1.29 is 9.53 Å². The first kappa shape index (κ1) is 18.4. The van der Waals surface area contributed by atoms with Crippen molar-refractivity contribution in [2.45, 2.75) is 26.2 Å². The minimum absolute atomic E-state index is 0.0199. The fraction of sp³-hybridized carbons (Fsp3) is 0.429. The average Bonchev–Trinajstić information content (AvgIpc) is 2.70. The number of aromatic nitrogens is 1. The lowest BCUT2D eigenvalue weighted by Crippen LogP contribution is -2.36. The molecule has 1 aromatic heterocycles. The number of rotatable bonds is 6. The molecule has 1 N–H and O–H groups in total. The van der Waals surface area contributed by atoms with Crippen molar-refractivity contribution >= 4 is 17.4 Å². The van der Waals surface area contributed by atoms with Gasteiger partial charge in [-0.25, -0.2) is 4.98 Å². The topological polar surface area (TPSA) is 54.5 Å². The lowest BCUT2D eigenvalue weighted by atomic mass is 9.85. The summed E-state index contributed by atoms with van der Waals surface area (Å²) in [4.78, 5) is 19.6. The molecule has 1 aliphatic rings. The van der Waals surface area contributed by atoms with E-state index in [2.05, 4.69) is 29.0 Å². The molecule has 1 amide bonds. The summed E-state index contributed by atoms with van der Waals surface area (Å²) in [7, 11) is 0. The number of pyridine rings is 1. The zero-order valence-corrected chi connectivity index (χ0v) is 15.5. The molecule has 2 aromatic rings. The molecular formula is C21H27N3O2. The number of hydrogen-bond acceptors (Lipinski definition) is 4. The maximum Gasteiger partial charge on any atom is 0.232 e. The largest absolute Gasteiger partial charge is 0.378 e. The van der Waals surface area contributed by atoms with Gasteiger partial charge in [0.2, 0.25) is 5.91 Å². The highest BCUT2D eigenvalue weighted by Crippen LogP contribution is 2.28. The molecule has 2 atom stereocenters. The van der Waals surface area contributed by atoms with Crippen LogP contribution in [0.5, 0.6) is 0 Å². The fourth-order valence-electron chi connectivity index (χ4n) is 3.29. The monoisotopic (exact) mass is 353 g/mol. The van der Waals surface area contributed by atoms with Crippen LogP contribution in [0.1, 0.15) is 31.7 Å². The highest BCUT2D eigenvalue weighted by atomic mass is 16.5. The number of ether oxygens (including phenoxy) is 1. The molecular weight excluding hydrogens is 326 g/mol. The van der Waals surface area contributed by atoms with E-state index in [4.69, 9.17) is 4.74 Å².